The van der Waals surface area contributed by atoms with Gasteiger partial charge in [0, 0.05) is 42.8 Å². The fourth-order valence-electron chi connectivity index (χ4n) is 2.99. The maximum Gasteiger partial charge on any atom is 0.317 e. The van der Waals surface area contributed by atoms with Crippen LogP contribution in [0.4, 0.5) is 10.5 Å². The topological polar surface area (TPSA) is 44.8 Å². The van der Waals surface area contributed by atoms with Crippen molar-refractivity contribution in [1.29, 1.82) is 0 Å². The largest absolute Gasteiger partial charge is 0.495 e. The molecule has 1 aliphatic heterocycles. The highest BCUT2D eigenvalue weighted by atomic mass is 35.5. The molecule has 1 N–H and O–H groups in total. The van der Waals surface area contributed by atoms with Crippen molar-refractivity contribution in [3.63, 3.8) is 0 Å². The first-order valence-electron chi connectivity index (χ1n) is 8.43. The fourth-order valence-corrected chi connectivity index (χ4v) is 3.35. The van der Waals surface area contributed by atoms with Crippen LogP contribution >= 0.6 is 23.2 Å². The number of benzene rings is 2. The van der Waals surface area contributed by atoms with Crippen LogP contribution in [0.25, 0.3) is 0 Å². The highest BCUT2D eigenvalue weighted by molar-refractivity contribution is 6.31. The van der Waals surface area contributed by atoms with Crippen LogP contribution in [-0.2, 0) is 6.54 Å². The van der Waals surface area contributed by atoms with E-state index in [4.69, 9.17) is 27.9 Å². The molecular weight excluding hydrogens is 373 g/mol. The zero-order valence-corrected chi connectivity index (χ0v) is 16.1. The number of nitrogens with one attached hydrogen (secondary N) is 1. The second-order valence-corrected chi connectivity index (χ2v) is 6.88. The van der Waals surface area contributed by atoms with Crippen LogP contribution in [0.3, 0.4) is 0 Å². The molecule has 1 fully saturated rings. The molecule has 1 heterocycles. The number of carbonyl (C=O) groups is 1. The molecule has 2 amide bonds. The standard InChI is InChI=1S/C19H21Cl2N3O2/c1-26-18-7-6-15(20)12-17(18)23-8-10-24(11-9-23)19(25)22-13-14-4-2-3-5-16(14)21/h2-7,12H,8-11,13H2,1H3,(H,22,25). The first-order valence-corrected chi connectivity index (χ1v) is 9.19. The van der Waals surface area contributed by atoms with Gasteiger partial charge in [0.2, 0.25) is 0 Å². The van der Waals surface area contributed by atoms with Crippen LogP contribution in [-0.4, -0.2) is 44.2 Å². The predicted molar refractivity (Wildman–Crippen MR) is 105 cm³/mol. The molecule has 0 aromatic heterocycles. The molecule has 2 aromatic carbocycles. The minimum Gasteiger partial charge on any atom is -0.495 e. The summed E-state index contributed by atoms with van der Waals surface area (Å²) in [6.45, 7) is 3.11. The van der Waals surface area contributed by atoms with Gasteiger partial charge in [-0.15, -0.1) is 0 Å². The molecule has 0 bridgehead atoms. The third-order valence-corrected chi connectivity index (χ3v) is 5.04. The van der Waals surface area contributed by atoms with Crippen molar-refractivity contribution in [2.24, 2.45) is 0 Å². The van der Waals surface area contributed by atoms with Gasteiger partial charge in [-0.2, -0.15) is 0 Å². The van der Waals surface area contributed by atoms with Gasteiger partial charge in [-0.05, 0) is 29.8 Å². The Bertz CT molecular complexity index is 777. The Hall–Kier alpha value is -2.11. The zero-order chi connectivity index (χ0) is 18.5. The summed E-state index contributed by atoms with van der Waals surface area (Å²) in [6.07, 6.45) is 0. The molecule has 0 atom stereocenters. The van der Waals surface area contributed by atoms with Gasteiger partial charge in [0.05, 0.1) is 12.8 Å². The quantitative estimate of drug-likeness (QED) is 0.852. The predicted octanol–water partition coefficient (Wildman–Crippen LogP) is 4.03. The van der Waals surface area contributed by atoms with E-state index >= 15 is 0 Å². The Labute approximate surface area is 163 Å². The number of piperazine rings is 1. The first-order chi connectivity index (χ1) is 12.6. The van der Waals surface area contributed by atoms with Gasteiger partial charge in [-0.1, -0.05) is 41.4 Å². The summed E-state index contributed by atoms with van der Waals surface area (Å²) in [5.41, 5.74) is 1.86. The number of carbonyl (C=O) groups excluding carboxylic acids is 1. The van der Waals surface area contributed by atoms with Gasteiger partial charge in [0.1, 0.15) is 5.75 Å². The molecule has 26 heavy (non-hydrogen) atoms. The third kappa shape index (κ3) is 4.34. The highest BCUT2D eigenvalue weighted by Crippen LogP contribution is 2.31. The summed E-state index contributed by atoms with van der Waals surface area (Å²) in [7, 11) is 1.64. The van der Waals surface area contributed by atoms with E-state index in [1.807, 2.05) is 47.4 Å². The summed E-state index contributed by atoms with van der Waals surface area (Å²) in [5, 5.41) is 4.26. The maximum absolute atomic E-state index is 12.4. The lowest BCUT2D eigenvalue weighted by atomic mass is 10.2. The van der Waals surface area contributed by atoms with Crippen LogP contribution in [0.15, 0.2) is 42.5 Å². The van der Waals surface area contributed by atoms with Crippen molar-refractivity contribution in [2.45, 2.75) is 6.54 Å². The molecule has 0 unspecified atom stereocenters. The summed E-state index contributed by atoms with van der Waals surface area (Å²) in [6, 6.07) is 13.0. The monoisotopic (exact) mass is 393 g/mol. The minimum atomic E-state index is -0.0809. The van der Waals surface area contributed by atoms with E-state index in [9.17, 15) is 4.79 Å². The number of ether oxygens (including phenoxy) is 1. The highest BCUT2D eigenvalue weighted by Gasteiger charge is 2.23. The summed E-state index contributed by atoms with van der Waals surface area (Å²) in [4.78, 5) is 16.4. The molecule has 7 heteroatoms. The molecule has 0 saturated carbocycles. The Morgan fingerprint density at radius 1 is 1.12 bits per heavy atom. The number of methoxy groups -OCH3 is 1. The van der Waals surface area contributed by atoms with E-state index in [2.05, 4.69) is 10.2 Å². The number of nitrogens with zero attached hydrogens (tertiary/aromatic N) is 2. The second-order valence-electron chi connectivity index (χ2n) is 6.04. The summed E-state index contributed by atoms with van der Waals surface area (Å²) < 4.78 is 5.42. The number of rotatable bonds is 4. The molecular formula is C19H21Cl2N3O2. The molecule has 0 spiro atoms. The van der Waals surface area contributed by atoms with E-state index in [0.717, 1.165) is 30.1 Å². The number of urea groups is 1. The van der Waals surface area contributed by atoms with Gasteiger partial charge < -0.3 is 19.9 Å². The molecule has 1 saturated heterocycles. The van der Waals surface area contributed by atoms with E-state index in [-0.39, 0.29) is 6.03 Å². The summed E-state index contributed by atoms with van der Waals surface area (Å²) >= 11 is 12.2. The van der Waals surface area contributed by atoms with Crippen molar-refractivity contribution in [1.82, 2.24) is 10.2 Å². The van der Waals surface area contributed by atoms with Gasteiger partial charge >= 0.3 is 6.03 Å². The Kier molecular flexibility index (Phi) is 6.12. The van der Waals surface area contributed by atoms with Crippen LogP contribution in [0.2, 0.25) is 10.0 Å². The lowest BCUT2D eigenvalue weighted by Crippen LogP contribution is -2.51. The van der Waals surface area contributed by atoms with E-state index < -0.39 is 0 Å². The van der Waals surface area contributed by atoms with Gasteiger partial charge in [-0.25, -0.2) is 4.79 Å². The number of hydrogen-bond donors (Lipinski definition) is 1. The van der Waals surface area contributed by atoms with Crippen LogP contribution < -0.4 is 15.0 Å². The molecule has 0 aliphatic carbocycles. The fraction of sp³-hybridized carbons (Fsp3) is 0.316. The van der Waals surface area contributed by atoms with Crippen LogP contribution in [0.5, 0.6) is 5.75 Å². The van der Waals surface area contributed by atoms with E-state index in [0.29, 0.717) is 29.7 Å². The van der Waals surface area contributed by atoms with Crippen molar-refractivity contribution in [3.8, 4) is 5.75 Å². The van der Waals surface area contributed by atoms with E-state index in [1.165, 1.54) is 0 Å². The molecule has 1 aliphatic rings. The smallest absolute Gasteiger partial charge is 0.317 e. The second kappa shape index (κ2) is 8.52. The van der Waals surface area contributed by atoms with E-state index in [1.54, 1.807) is 7.11 Å². The van der Waals surface area contributed by atoms with Crippen LogP contribution in [0, 0.1) is 0 Å². The first kappa shape index (κ1) is 18.7. The van der Waals surface area contributed by atoms with Crippen molar-refractivity contribution >= 4 is 34.9 Å². The maximum atomic E-state index is 12.4. The lowest BCUT2D eigenvalue weighted by molar-refractivity contribution is 0.194. The number of anilines is 1. The number of amides is 2. The molecule has 3 rings (SSSR count). The van der Waals surface area contributed by atoms with Crippen molar-refractivity contribution < 1.29 is 9.53 Å². The Morgan fingerprint density at radius 2 is 1.85 bits per heavy atom. The molecule has 138 valence electrons. The average molecular weight is 394 g/mol. The van der Waals surface area contributed by atoms with Gasteiger partial charge in [0.25, 0.3) is 0 Å². The number of hydrogen-bond acceptors (Lipinski definition) is 3. The Balaban J connectivity index is 1.56. The molecule has 2 aromatic rings. The zero-order valence-electron chi connectivity index (χ0n) is 14.5. The third-order valence-electron chi connectivity index (χ3n) is 4.44. The number of halogens is 2. The SMILES string of the molecule is COc1ccc(Cl)cc1N1CCN(C(=O)NCc2ccccc2Cl)CC1. The van der Waals surface area contributed by atoms with Crippen molar-refractivity contribution in [3.05, 3.63) is 58.1 Å². The average Bonchev–Trinajstić information content (AvgIpc) is 2.67. The normalized spacial score (nSPS) is 14.3. The van der Waals surface area contributed by atoms with Gasteiger partial charge in [0.15, 0.2) is 0 Å². The van der Waals surface area contributed by atoms with Gasteiger partial charge in [-0.3, -0.25) is 0 Å². The van der Waals surface area contributed by atoms with Crippen molar-refractivity contribution in [2.75, 3.05) is 38.2 Å². The van der Waals surface area contributed by atoms with Crippen LogP contribution in [0.1, 0.15) is 5.56 Å². The summed E-state index contributed by atoms with van der Waals surface area (Å²) in [5.74, 6) is 0.783. The molecule has 5 nitrogen and oxygen atoms in total. The Morgan fingerprint density at radius 3 is 2.54 bits per heavy atom. The minimum absolute atomic E-state index is 0.0809. The lowest BCUT2D eigenvalue weighted by Gasteiger charge is -2.36. The molecule has 0 radical (unpaired) electrons.